The quantitative estimate of drug-likeness (QED) is 0.0944. The van der Waals surface area contributed by atoms with Crippen LogP contribution >= 0.6 is 0 Å². The normalized spacial score (nSPS) is 18.5. The number of hydrogen-bond donors (Lipinski definition) is 4. The maximum Gasteiger partial charge on any atom is 0.407 e. The van der Waals surface area contributed by atoms with Crippen LogP contribution in [0, 0.1) is 17.8 Å². The Hall–Kier alpha value is -2.92. The first-order valence-electron chi connectivity index (χ1n) is 17.1. The van der Waals surface area contributed by atoms with Crippen LogP contribution in [0.25, 0.3) is 0 Å². The van der Waals surface area contributed by atoms with Gasteiger partial charge in [-0.3, -0.25) is 0 Å². The van der Waals surface area contributed by atoms with Crippen molar-refractivity contribution in [1.29, 1.82) is 0 Å². The summed E-state index contributed by atoms with van der Waals surface area (Å²) in [5.41, 5.74) is 0. The van der Waals surface area contributed by atoms with Crippen LogP contribution in [0.15, 0.2) is 0 Å². The Morgan fingerprint density at radius 2 is 0.932 bits per heavy atom. The maximum absolute atomic E-state index is 12.1. The average molecular weight is 627 g/mol. The molecule has 0 heterocycles. The molecule has 2 aliphatic rings. The molecule has 0 saturated heterocycles. The monoisotopic (exact) mass is 626 g/mol. The number of carbonyl (C=O) groups is 4. The Kier molecular flexibility index (Phi) is 20.7. The molecular weight excluding hydrogens is 568 g/mol. The van der Waals surface area contributed by atoms with E-state index in [4.69, 9.17) is 18.9 Å². The molecule has 0 spiro atoms. The molecule has 0 aromatic carbocycles. The maximum atomic E-state index is 12.1. The SMILES string of the molecule is CCCCCCCNC(=O)OCCCOC(=O)NCC1CCCC(CNC(=O)OCCCOC(=O)NCC2CCCCC2)C1. The van der Waals surface area contributed by atoms with Gasteiger partial charge in [-0.15, -0.1) is 0 Å². The zero-order valence-corrected chi connectivity index (χ0v) is 27.0. The molecule has 2 rings (SSSR count). The number of carbonyl (C=O) groups excluding carboxylic acids is 4. The van der Waals surface area contributed by atoms with E-state index in [-0.39, 0.29) is 26.4 Å². The molecule has 4 N–H and O–H groups in total. The summed E-state index contributed by atoms with van der Waals surface area (Å²) in [5.74, 6) is 1.18. The lowest BCUT2D eigenvalue weighted by Gasteiger charge is -2.29. The largest absolute Gasteiger partial charge is 0.449 e. The van der Waals surface area contributed by atoms with Crippen molar-refractivity contribution in [2.45, 2.75) is 110 Å². The highest BCUT2D eigenvalue weighted by atomic mass is 16.6. The first-order chi connectivity index (χ1) is 21.5. The van der Waals surface area contributed by atoms with Gasteiger partial charge < -0.3 is 40.2 Å². The van der Waals surface area contributed by atoms with Crippen LogP contribution in [-0.4, -0.2) is 77.0 Å². The Morgan fingerprint density at radius 1 is 0.500 bits per heavy atom. The van der Waals surface area contributed by atoms with Crippen LogP contribution in [0.2, 0.25) is 0 Å². The minimum Gasteiger partial charge on any atom is -0.449 e. The molecular formula is C32H58N4O8. The lowest BCUT2D eigenvalue weighted by atomic mass is 9.81. The van der Waals surface area contributed by atoms with Crippen LogP contribution in [0.5, 0.6) is 0 Å². The topological polar surface area (TPSA) is 153 Å². The van der Waals surface area contributed by atoms with Gasteiger partial charge in [0.2, 0.25) is 0 Å². The van der Waals surface area contributed by atoms with Gasteiger partial charge in [0.15, 0.2) is 0 Å². The van der Waals surface area contributed by atoms with Crippen molar-refractivity contribution in [3.8, 4) is 0 Å². The van der Waals surface area contributed by atoms with Gasteiger partial charge in [0.1, 0.15) is 0 Å². The van der Waals surface area contributed by atoms with E-state index >= 15 is 0 Å². The van der Waals surface area contributed by atoms with E-state index in [1.807, 2.05) is 0 Å². The molecule has 2 atom stereocenters. The highest BCUT2D eigenvalue weighted by Gasteiger charge is 2.23. The molecule has 0 aliphatic heterocycles. The number of amides is 4. The van der Waals surface area contributed by atoms with Gasteiger partial charge in [0.25, 0.3) is 0 Å². The first-order valence-corrected chi connectivity index (χ1v) is 17.1. The van der Waals surface area contributed by atoms with Crippen LogP contribution in [-0.2, 0) is 18.9 Å². The molecule has 2 saturated carbocycles. The summed E-state index contributed by atoms with van der Waals surface area (Å²) < 4.78 is 20.7. The van der Waals surface area contributed by atoms with E-state index in [1.165, 1.54) is 38.5 Å². The molecule has 0 aromatic heterocycles. The van der Waals surface area contributed by atoms with E-state index < -0.39 is 24.4 Å². The summed E-state index contributed by atoms with van der Waals surface area (Å²) in [6, 6.07) is 0. The Labute approximate surface area is 263 Å². The van der Waals surface area contributed by atoms with Crippen molar-refractivity contribution in [1.82, 2.24) is 21.3 Å². The molecule has 2 fully saturated rings. The van der Waals surface area contributed by atoms with Crippen molar-refractivity contribution in [3.63, 3.8) is 0 Å². The van der Waals surface area contributed by atoms with Crippen molar-refractivity contribution in [2.75, 3.05) is 52.6 Å². The van der Waals surface area contributed by atoms with Crippen LogP contribution in [0.1, 0.15) is 110 Å². The van der Waals surface area contributed by atoms with E-state index in [0.29, 0.717) is 56.8 Å². The van der Waals surface area contributed by atoms with Gasteiger partial charge in [-0.05, 0) is 56.3 Å². The van der Waals surface area contributed by atoms with E-state index in [9.17, 15) is 19.2 Å². The lowest BCUT2D eigenvalue weighted by molar-refractivity contribution is 0.116. The number of hydrogen-bond acceptors (Lipinski definition) is 8. The fourth-order valence-corrected chi connectivity index (χ4v) is 5.75. The third-order valence-corrected chi connectivity index (χ3v) is 8.28. The minimum absolute atomic E-state index is 0.176. The second-order valence-electron chi connectivity index (χ2n) is 12.1. The number of rotatable bonds is 20. The number of ether oxygens (including phenoxy) is 4. The molecule has 254 valence electrons. The number of alkyl carbamates (subject to hydrolysis) is 4. The first kappa shape index (κ1) is 37.3. The highest BCUT2D eigenvalue weighted by Crippen LogP contribution is 2.28. The zero-order valence-electron chi connectivity index (χ0n) is 27.0. The summed E-state index contributed by atoms with van der Waals surface area (Å²) in [6.07, 6.45) is 14.8. The smallest absolute Gasteiger partial charge is 0.407 e. The molecule has 0 aromatic rings. The average Bonchev–Trinajstić information content (AvgIpc) is 3.03. The van der Waals surface area contributed by atoms with Crippen molar-refractivity contribution >= 4 is 24.4 Å². The third-order valence-electron chi connectivity index (χ3n) is 8.28. The molecule has 12 heteroatoms. The summed E-state index contributed by atoms with van der Waals surface area (Å²) in [6.45, 7) is 5.24. The molecule has 0 bridgehead atoms. The summed E-state index contributed by atoms with van der Waals surface area (Å²) in [5, 5.41) is 11.2. The second-order valence-corrected chi connectivity index (χ2v) is 12.1. The highest BCUT2D eigenvalue weighted by molar-refractivity contribution is 5.68. The summed E-state index contributed by atoms with van der Waals surface area (Å²) in [4.78, 5) is 47.6. The van der Waals surface area contributed by atoms with E-state index in [0.717, 1.165) is 51.4 Å². The predicted octanol–water partition coefficient (Wildman–Crippen LogP) is 6.03. The van der Waals surface area contributed by atoms with Crippen molar-refractivity contribution in [3.05, 3.63) is 0 Å². The summed E-state index contributed by atoms with van der Waals surface area (Å²) in [7, 11) is 0. The molecule has 44 heavy (non-hydrogen) atoms. The van der Waals surface area contributed by atoms with Gasteiger partial charge in [0.05, 0.1) is 26.4 Å². The van der Waals surface area contributed by atoms with Crippen LogP contribution < -0.4 is 21.3 Å². The zero-order chi connectivity index (χ0) is 31.7. The molecule has 12 nitrogen and oxygen atoms in total. The van der Waals surface area contributed by atoms with E-state index in [2.05, 4.69) is 28.2 Å². The third kappa shape index (κ3) is 19.4. The number of unbranched alkanes of at least 4 members (excludes halogenated alkanes) is 4. The summed E-state index contributed by atoms with van der Waals surface area (Å²) >= 11 is 0. The Morgan fingerprint density at radius 3 is 1.43 bits per heavy atom. The van der Waals surface area contributed by atoms with Crippen LogP contribution in [0.4, 0.5) is 19.2 Å². The molecule has 2 unspecified atom stereocenters. The van der Waals surface area contributed by atoms with Crippen molar-refractivity contribution in [2.24, 2.45) is 17.8 Å². The van der Waals surface area contributed by atoms with Crippen LogP contribution in [0.3, 0.4) is 0 Å². The van der Waals surface area contributed by atoms with Gasteiger partial charge >= 0.3 is 24.4 Å². The Balaban J connectivity index is 1.41. The standard InChI is InChI=1S/C32H58N4O8/c1-2-3-4-5-9-17-33-29(37)41-18-11-19-43-31(39)35-24-27-15-10-16-28(22-27)25-36-32(40)44-21-12-20-42-30(38)34-23-26-13-7-6-8-14-26/h26-28H,2-25H2,1H3,(H,33,37)(H,34,38)(H,35,39)(H,36,40). The molecule has 0 radical (unpaired) electrons. The molecule has 2 aliphatic carbocycles. The number of nitrogens with one attached hydrogen (secondary N) is 4. The minimum atomic E-state index is -0.476. The van der Waals surface area contributed by atoms with Gasteiger partial charge in [-0.25, -0.2) is 19.2 Å². The molecule has 4 amide bonds. The van der Waals surface area contributed by atoms with Gasteiger partial charge in [0, 0.05) is 39.0 Å². The lowest BCUT2D eigenvalue weighted by Crippen LogP contribution is -2.36. The predicted molar refractivity (Wildman–Crippen MR) is 167 cm³/mol. The van der Waals surface area contributed by atoms with Gasteiger partial charge in [-0.1, -0.05) is 58.3 Å². The Bertz CT molecular complexity index is 809. The fourth-order valence-electron chi connectivity index (χ4n) is 5.75. The van der Waals surface area contributed by atoms with Crippen molar-refractivity contribution < 1.29 is 38.1 Å². The van der Waals surface area contributed by atoms with E-state index in [1.54, 1.807) is 0 Å². The second kappa shape index (κ2) is 24.4. The van der Waals surface area contributed by atoms with Gasteiger partial charge in [-0.2, -0.15) is 0 Å². The fraction of sp³-hybridized carbons (Fsp3) is 0.875.